The predicted molar refractivity (Wildman–Crippen MR) is 120 cm³/mol. The standard InChI is InChI=1S/C22H20BrCl2NO2/c1-2-27-21-11-16(13-26-19-5-3-4-18(24)12-19)10-20(25)22(21)28-14-15-6-8-17(23)9-7-15/h3-12,26H,2,13-14H2,1H3. The van der Waals surface area contributed by atoms with Crippen LogP contribution in [0, 0.1) is 0 Å². The van der Waals surface area contributed by atoms with Crippen LogP contribution in [0.2, 0.25) is 10.0 Å². The molecule has 3 nitrogen and oxygen atoms in total. The molecular weight excluding hydrogens is 461 g/mol. The van der Waals surface area contributed by atoms with Crippen LogP contribution >= 0.6 is 39.1 Å². The number of hydrogen-bond donors (Lipinski definition) is 1. The first kappa shape index (κ1) is 20.8. The second kappa shape index (κ2) is 10.1. The molecule has 6 heteroatoms. The quantitative estimate of drug-likeness (QED) is 0.365. The number of hydrogen-bond acceptors (Lipinski definition) is 3. The highest BCUT2D eigenvalue weighted by Crippen LogP contribution is 2.37. The third-order valence-electron chi connectivity index (χ3n) is 3.99. The van der Waals surface area contributed by atoms with E-state index in [1.807, 2.05) is 67.6 Å². The van der Waals surface area contributed by atoms with Crippen LogP contribution in [0.4, 0.5) is 5.69 Å². The highest BCUT2D eigenvalue weighted by molar-refractivity contribution is 9.10. The molecule has 0 heterocycles. The van der Waals surface area contributed by atoms with E-state index in [0.29, 0.717) is 41.3 Å². The molecule has 0 aliphatic rings. The molecule has 0 spiro atoms. The van der Waals surface area contributed by atoms with E-state index in [1.54, 1.807) is 0 Å². The lowest BCUT2D eigenvalue weighted by Gasteiger charge is -2.16. The molecule has 28 heavy (non-hydrogen) atoms. The molecule has 0 fully saturated rings. The van der Waals surface area contributed by atoms with Gasteiger partial charge < -0.3 is 14.8 Å². The van der Waals surface area contributed by atoms with E-state index in [2.05, 4.69) is 21.2 Å². The summed E-state index contributed by atoms with van der Waals surface area (Å²) in [5.41, 5.74) is 2.98. The summed E-state index contributed by atoms with van der Waals surface area (Å²) in [6.45, 7) is 3.46. The van der Waals surface area contributed by atoms with Gasteiger partial charge in [-0.25, -0.2) is 0 Å². The largest absolute Gasteiger partial charge is 0.490 e. The van der Waals surface area contributed by atoms with Crippen LogP contribution < -0.4 is 14.8 Å². The van der Waals surface area contributed by atoms with Gasteiger partial charge in [0.25, 0.3) is 0 Å². The van der Waals surface area contributed by atoms with Crippen molar-refractivity contribution < 1.29 is 9.47 Å². The Balaban J connectivity index is 1.74. The van der Waals surface area contributed by atoms with Gasteiger partial charge in [-0.1, -0.05) is 57.3 Å². The Bertz CT molecular complexity index is 932. The van der Waals surface area contributed by atoms with Crippen molar-refractivity contribution >= 4 is 44.8 Å². The molecular formula is C22H20BrCl2NO2. The van der Waals surface area contributed by atoms with Gasteiger partial charge >= 0.3 is 0 Å². The fraction of sp³-hybridized carbons (Fsp3) is 0.182. The first-order valence-electron chi connectivity index (χ1n) is 8.87. The van der Waals surface area contributed by atoms with E-state index in [4.69, 9.17) is 32.7 Å². The summed E-state index contributed by atoms with van der Waals surface area (Å²) in [6.07, 6.45) is 0. The smallest absolute Gasteiger partial charge is 0.180 e. The summed E-state index contributed by atoms with van der Waals surface area (Å²) >= 11 is 16.0. The van der Waals surface area contributed by atoms with Gasteiger partial charge in [0, 0.05) is 21.7 Å². The fourth-order valence-electron chi connectivity index (χ4n) is 2.67. The lowest BCUT2D eigenvalue weighted by molar-refractivity contribution is 0.269. The van der Waals surface area contributed by atoms with E-state index >= 15 is 0 Å². The topological polar surface area (TPSA) is 30.5 Å². The first-order chi connectivity index (χ1) is 13.5. The zero-order chi connectivity index (χ0) is 19.9. The maximum absolute atomic E-state index is 6.51. The molecule has 0 radical (unpaired) electrons. The summed E-state index contributed by atoms with van der Waals surface area (Å²) in [5.74, 6) is 1.19. The highest BCUT2D eigenvalue weighted by atomic mass is 79.9. The van der Waals surface area contributed by atoms with E-state index < -0.39 is 0 Å². The average Bonchev–Trinajstić information content (AvgIpc) is 2.67. The number of benzene rings is 3. The molecule has 0 unspecified atom stereocenters. The van der Waals surface area contributed by atoms with Crippen molar-refractivity contribution in [2.45, 2.75) is 20.1 Å². The number of ether oxygens (including phenoxy) is 2. The third kappa shape index (κ3) is 5.81. The molecule has 1 N–H and O–H groups in total. The number of nitrogens with one attached hydrogen (secondary N) is 1. The minimum absolute atomic E-state index is 0.410. The molecule has 0 bridgehead atoms. The van der Waals surface area contributed by atoms with Gasteiger partial charge in [0.05, 0.1) is 11.6 Å². The zero-order valence-corrected chi connectivity index (χ0v) is 18.4. The Labute approximate surface area is 183 Å². The number of rotatable bonds is 8. The van der Waals surface area contributed by atoms with Gasteiger partial charge in [-0.15, -0.1) is 0 Å². The van der Waals surface area contributed by atoms with Crippen molar-refractivity contribution in [1.29, 1.82) is 0 Å². The minimum Gasteiger partial charge on any atom is -0.490 e. The third-order valence-corrected chi connectivity index (χ3v) is 5.03. The van der Waals surface area contributed by atoms with E-state index in [1.165, 1.54) is 0 Å². The molecule has 3 aromatic carbocycles. The summed E-state index contributed by atoms with van der Waals surface area (Å²) in [5, 5.41) is 4.55. The molecule has 146 valence electrons. The second-order valence-corrected chi connectivity index (χ2v) is 7.88. The Kier molecular flexibility index (Phi) is 7.49. The molecule has 3 aromatic rings. The van der Waals surface area contributed by atoms with Gasteiger partial charge in [-0.2, -0.15) is 0 Å². The van der Waals surface area contributed by atoms with Gasteiger partial charge in [-0.3, -0.25) is 0 Å². The van der Waals surface area contributed by atoms with Crippen molar-refractivity contribution in [3.63, 3.8) is 0 Å². The molecule has 0 aliphatic carbocycles. The van der Waals surface area contributed by atoms with Crippen molar-refractivity contribution in [2.75, 3.05) is 11.9 Å². The molecule has 0 saturated carbocycles. The maximum Gasteiger partial charge on any atom is 0.180 e. The summed E-state index contributed by atoms with van der Waals surface area (Å²) < 4.78 is 12.8. The van der Waals surface area contributed by atoms with Crippen molar-refractivity contribution in [1.82, 2.24) is 0 Å². The number of anilines is 1. The fourth-order valence-corrected chi connectivity index (χ4v) is 3.41. The minimum atomic E-state index is 0.410. The second-order valence-electron chi connectivity index (χ2n) is 6.12. The molecule has 0 atom stereocenters. The van der Waals surface area contributed by atoms with Gasteiger partial charge in [0.1, 0.15) is 6.61 Å². The van der Waals surface area contributed by atoms with Crippen LogP contribution in [-0.2, 0) is 13.2 Å². The summed E-state index contributed by atoms with van der Waals surface area (Å²) in [4.78, 5) is 0. The summed E-state index contributed by atoms with van der Waals surface area (Å²) in [7, 11) is 0. The van der Waals surface area contributed by atoms with Crippen LogP contribution in [0.5, 0.6) is 11.5 Å². The Morgan fingerprint density at radius 3 is 2.43 bits per heavy atom. The monoisotopic (exact) mass is 479 g/mol. The van der Waals surface area contributed by atoms with Crippen LogP contribution in [-0.4, -0.2) is 6.61 Å². The highest BCUT2D eigenvalue weighted by Gasteiger charge is 2.13. The lowest BCUT2D eigenvalue weighted by atomic mass is 10.2. The van der Waals surface area contributed by atoms with E-state index in [-0.39, 0.29) is 0 Å². The SMILES string of the molecule is CCOc1cc(CNc2cccc(Cl)c2)cc(Cl)c1OCc1ccc(Br)cc1. The average molecular weight is 481 g/mol. The van der Waals surface area contributed by atoms with Crippen LogP contribution in [0.3, 0.4) is 0 Å². The van der Waals surface area contributed by atoms with Crippen LogP contribution in [0.1, 0.15) is 18.1 Å². The Morgan fingerprint density at radius 2 is 1.71 bits per heavy atom. The Morgan fingerprint density at radius 1 is 0.929 bits per heavy atom. The Hall–Kier alpha value is -1.88. The molecule has 0 amide bonds. The van der Waals surface area contributed by atoms with E-state index in [0.717, 1.165) is 21.3 Å². The number of halogens is 3. The van der Waals surface area contributed by atoms with Crippen molar-refractivity contribution in [3.05, 3.63) is 86.3 Å². The van der Waals surface area contributed by atoms with Gasteiger partial charge in [-0.05, 0) is 60.5 Å². The predicted octanol–water partition coefficient (Wildman–Crippen LogP) is 7.35. The van der Waals surface area contributed by atoms with Crippen LogP contribution in [0.25, 0.3) is 0 Å². The molecule has 3 rings (SSSR count). The lowest BCUT2D eigenvalue weighted by Crippen LogP contribution is -2.04. The summed E-state index contributed by atoms with van der Waals surface area (Å²) in [6, 6.07) is 19.4. The van der Waals surface area contributed by atoms with Gasteiger partial charge in [0.15, 0.2) is 11.5 Å². The zero-order valence-electron chi connectivity index (χ0n) is 15.3. The van der Waals surface area contributed by atoms with E-state index in [9.17, 15) is 0 Å². The van der Waals surface area contributed by atoms with Crippen molar-refractivity contribution in [3.8, 4) is 11.5 Å². The maximum atomic E-state index is 6.51. The van der Waals surface area contributed by atoms with Crippen molar-refractivity contribution in [2.24, 2.45) is 0 Å². The first-order valence-corrected chi connectivity index (χ1v) is 10.4. The normalized spacial score (nSPS) is 10.6. The molecule has 0 aliphatic heterocycles. The molecule has 0 saturated heterocycles. The van der Waals surface area contributed by atoms with Crippen LogP contribution in [0.15, 0.2) is 65.1 Å². The molecule has 0 aromatic heterocycles. The van der Waals surface area contributed by atoms with Gasteiger partial charge in [0.2, 0.25) is 0 Å².